The van der Waals surface area contributed by atoms with E-state index in [1.807, 2.05) is 25.5 Å². The molecule has 0 aliphatic carbocycles. The van der Waals surface area contributed by atoms with Crippen LogP contribution in [0.4, 0.5) is 0 Å². The minimum absolute atomic E-state index is 0.548. The predicted molar refractivity (Wildman–Crippen MR) is 61.5 cm³/mol. The zero-order valence-corrected chi connectivity index (χ0v) is 9.48. The van der Waals surface area contributed by atoms with Crippen molar-refractivity contribution >= 4 is 0 Å². The summed E-state index contributed by atoms with van der Waals surface area (Å²) in [6.45, 7) is 1.18. The van der Waals surface area contributed by atoms with Crippen molar-refractivity contribution in [1.29, 1.82) is 0 Å². The Morgan fingerprint density at radius 2 is 2.47 bits per heavy atom. The first-order valence-electron chi connectivity index (χ1n) is 5.56. The molecule has 0 aromatic carbocycles. The van der Waals surface area contributed by atoms with Crippen LogP contribution < -0.4 is 5.32 Å². The van der Waals surface area contributed by atoms with Crippen LogP contribution >= 0.6 is 0 Å². The fourth-order valence-electron chi connectivity index (χ4n) is 2.44. The molecule has 1 aliphatic rings. The fraction of sp³-hybridized carbons (Fsp3) is 0.583. The van der Waals surface area contributed by atoms with E-state index >= 15 is 0 Å². The molecular formula is C12H19N3. The highest BCUT2D eigenvalue weighted by atomic mass is 15.3. The van der Waals surface area contributed by atoms with Crippen LogP contribution in [0.3, 0.4) is 0 Å². The van der Waals surface area contributed by atoms with Crippen molar-refractivity contribution in [1.82, 2.24) is 15.2 Å². The molecule has 82 valence electrons. The molecule has 1 N–H and O–H groups in total. The second-order valence-electron chi connectivity index (χ2n) is 4.41. The van der Waals surface area contributed by atoms with E-state index in [9.17, 15) is 0 Å². The minimum Gasteiger partial charge on any atom is -0.305 e. The van der Waals surface area contributed by atoms with Gasteiger partial charge in [0.05, 0.1) is 6.17 Å². The summed E-state index contributed by atoms with van der Waals surface area (Å²) in [5.41, 5.74) is 1.35. The SMILES string of the molecule is CNC1CC(Cc2cccnc2)CN1C. The molecule has 2 unspecified atom stereocenters. The van der Waals surface area contributed by atoms with Gasteiger partial charge in [0.1, 0.15) is 0 Å². The second kappa shape index (κ2) is 4.73. The Balaban J connectivity index is 1.92. The number of aromatic nitrogens is 1. The molecule has 1 aromatic rings. The van der Waals surface area contributed by atoms with Crippen molar-refractivity contribution in [2.24, 2.45) is 5.92 Å². The van der Waals surface area contributed by atoms with Gasteiger partial charge in [-0.2, -0.15) is 0 Å². The van der Waals surface area contributed by atoms with E-state index in [0.717, 1.165) is 12.3 Å². The standard InChI is InChI=1S/C12H19N3/c1-13-12-7-11(9-15(12)2)6-10-4-3-5-14-8-10/h3-5,8,11-13H,6-7,9H2,1-2H3. The van der Waals surface area contributed by atoms with Crippen LogP contribution in [-0.4, -0.2) is 36.7 Å². The van der Waals surface area contributed by atoms with Crippen molar-refractivity contribution in [3.63, 3.8) is 0 Å². The van der Waals surface area contributed by atoms with Crippen molar-refractivity contribution in [3.8, 4) is 0 Å². The topological polar surface area (TPSA) is 28.2 Å². The molecule has 0 saturated carbocycles. The second-order valence-corrected chi connectivity index (χ2v) is 4.41. The molecule has 3 nitrogen and oxygen atoms in total. The van der Waals surface area contributed by atoms with Gasteiger partial charge in [0, 0.05) is 18.9 Å². The summed E-state index contributed by atoms with van der Waals surface area (Å²) in [6.07, 6.45) is 6.75. The maximum absolute atomic E-state index is 4.16. The molecule has 15 heavy (non-hydrogen) atoms. The Hall–Kier alpha value is -0.930. The highest BCUT2D eigenvalue weighted by Crippen LogP contribution is 2.22. The fourth-order valence-corrected chi connectivity index (χ4v) is 2.44. The molecule has 3 heteroatoms. The van der Waals surface area contributed by atoms with Gasteiger partial charge in [-0.15, -0.1) is 0 Å². The van der Waals surface area contributed by atoms with Gasteiger partial charge >= 0.3 is 0 Å². The van der Waals surface area contributed by atoms with Gasteiger partial charge in [-0.3, -0.25) is 9.88 Å². The molecule has 1 fully saturated rings. The first-order valence-corrected chi connectivity index (χ1v) is 5.56. The number of hydrogen-bond donors (Lipinski definition) is 1. The van der Waals surface area contributed by atoms with E-state index in [0.29, 0.717) is 6.17 Å². The monoisotopic (exact) mass is 205 g/mol. The van der Waals surface area contributed by atoms with E-state index in [1.54, 1.807) is 0 Å². The van der Waals surface area contributed by atoms with Crippen molar-refractivity contribution in [2.75, 3.05) is 20.6 Å². The van der Waals surface area contributed by atoms with Gasteiger partial charge in [-0.1, -0.05) is 6.07 Å². The molecule has 2 rings (SSSR count). The Kier molecular flexibility index (Phi) is 3.34. The number of likely N-dealkylation sites (tertiary alicyclic amines) is 1. The van der Waals surface area contributed by atoms with Crippen LogP contribution in [0.1, 0.15) is 12.0 Å². The van der Waals surface area contributed by atoms with Gasteiger partial charge in [0.15, 0.2) is 0 Å². The summed E-state index contributed by atoms with van der Waals surface area (Å²) in [5.74, 6) is 0.761. The summed E-state index contributed by atoms with van der Waals surface area (Å²) < 4.78 is 0. The molecule has 0 bridgehead atoms. The minimum atomic E-state index is 0.548. The number of nitrogens with one attached hydrogen (secondary N) is 1. The lowest BCUT2D eigenvalue weighted by molar-refractivity contribution is 0.277. The maximum atomic E-state index is 4.16. The number of hydrogen-bond acceptors (Lipinski definition) is 3. The average Bonchev–Trinajstić information content (AvgIpc) is 2.60. The average molecular weight is 205 g/mol. The maximum Gasteiger partial charge on any atom is 0.0595 e. The Morgan fingerprint density at radius 3 is 3.07 bits per heavy atom. The van der Waals surface area contributed by atoms with Crippen molar-refractivity contribution in [3.05, 3.63) is 30.1 Å². The number of rotatable bonds is 3. The summed E-state index contributed by atoms with van der Waals surface area (Å²) in [7, 11) is 4.22. The summed E-state index contributed by atoms with van der Waals surface area (Å²) >= 11 is 0. The van der Waals surface area contributed by atoms with Crippen LogP contribution in [0.15, 0.2) is 24.5 Å². The van der Waals surface area contributed by atoms with Gasteiger partial charge in [0.25, 0.3) is 0 Å². The van der Waals surface area contributed by atoms with Gasteiger partial charge in [0.2, 0.25) is 0 Å². The largest absolute Gasteiger partial charge is 0.305 e. The van der Waals surface area contributed by atoms with E-state index in [1.165, 1.54) is 18.5 Å². The summed E-state index contributed by atoms with van der Waals surface area (Å²) in [4.78, 5) is 6.55. The number of pyridine rings is 1. The van der Waals surface area contributed by atoms with E-state index in [2.05, 4.69) is 28.3 Å². The van der Waals surface area contributed by atoms with Crippen LogP contribution in [0.5, 0.6) is 0 Å². The molecule has 1 saturated heterocycles. The van der Waals surface area contributed by atoms with Crippen LogP contribution in [0.25, 0.3) is 0 Å². The van der Waals surface area contributed by atoms with Crippen molar-refractivity contribution in [2.45, 2.75) is 19.0 Å². The Bertz CT molecular complexity index is 299. The third kappa shape index (κ3) is 2.55. The normalized spacial score (nSPS) is 27.1. The highest BCUT2D eigenvalue weighted by molar-refractivity contribution is 5.10. The molecule has 2 atom stereocenters. The Morgan fingerprint density at radius 1 is 1.60 bits per heavy atom. The van der Waals surface area contributed by atoms with Gasteiger partial charge in [-0.25, -0.2) is 0 Å². The molecule has 1 aliphatic heterocycles. The van der Waals surface area contributed by atoms with Gasteiger partial charge < -0.3 is 5.32 Å². The molecule has 0 amide bonds. The molecule has 0 spiro atoms. The van der Waals surface area contributed by atoms with E-state index < -0.39 is 0 Å². The van der Waals surface area contributed by atoms with Crippen LogP contribution in [-0.2, 0) is 6.42 Å². The lowest BCUT2D eigenvalue weighted by Gasteiger charge is -2.17. The van der Waals surface area contributed by atoms with Crippen LogP contribution in [0, 0.1) is 5.92 Å². The lowest BCUT2D eigenvalue weighted by atomic mass is 9.99. The highest BCUT2D eigenvalue weighted by Gasteiger charge is 2.27. The summed E-state index contributed by atoms with van der Waals surface area (Å²) in [6, 6.07) is 4.18. The molecular weight excluding hydrogens is 186 g/mol. The van der Waals surface area contributed by atoms with Gasteiger partial charge in [-0.05, 0) is 44.5 Å². The first kappa shape index (κ1) is 10.6. The van der Waals surface area contributed by atoms with Crippen LogP contribution in [0.2, 0.25) is 0 Å². The van der Waals surface area contributed by atoms with E-state index in [4.69, 9.17) is 0 Å². The Labute approximate surface area is 91.5 Å². The van der Waals surface area contributed by atoms with E-state index in [-0.39, 0.29) is 0 Å². The zero-order chi connectivity index (χ0) is 10.7. The molecule has 2 heterocycles. The first-order chi connectivity index (χ1) is 7.29. The number of nitrogens with zero attached hydrogens (tertiary/aromatic N) is 2. The quantitative estimate of drug-likeness (QED) is 0.801. The zero-order valence-electron chi connectivity index (χ0n) is 9.48. The molecule has 1 aromatic heterocycles. The third-order valence-electron chi connectivity index (χ3n) is 3.22. The summed E-state index contributed by atoms with van der Waals surface area (Å²) in [5, 5.41) is 3.34. The molecule has 0 radical (unpaired) electrons. The third-order valence-corrected chi connectivity index (χ3v) is 3.22. The lowest BCUT2D eigenvalue weighted by Crippen LogP contribution is -2.35. The van der Waals surface area contributed by atoms with Crippen molar-refractivity contribution < 1.29 is 0 Å². The smallest absolute Gasteiger partial charge is 0.0595 e. The predicted octanol–water partition coefficient (Wildman–Crippen LogP) is 1.12.